The van der Waals surface area contributed by atoms with Crippen molar-refractivity contribution < 1.29 is 0 Å². The van der Waals surface area contributed by atoms with Crippen molar-refractivity contribution in [3.63, 3.8) is 0 Å². The summed E-state index contributed by atoms with van der Waals surface area (Å²) in [7, 11) is 1.97. The molecule has 6 nitrogen and oxygen atoms in total. The lowest BCUT2D eigenvalue weighted by atomic mass is 10.2. The molecule has 0 aliphatic rings. The fourth-order valence-electron chi connectivity index (χ4n) is 2.53. The maximum absolute atomic E-state index is 4.73. The van der Waals surface area contributed by atoms with Gasteiger partial charge in [0.2, 0.25) is 5.95 Å². The fraction of sp³-hybridized carbons (Fsp3) is 0.111. The van der Waals surface area contributed by atoms with Crippen molar-refractivity contribution in [1.29, 1.82) is 0 Å². The van der Waals surface area contributed by atoms with Crippen LogP contribution in [0.4, 0.5) is 5.95 Å². The van der Waals surface area contributed by atoms with Crippen molar-refractivity contribution in [3.05, 3.63) is 66.2 Å². The van der Waals surface area contributed by atoms with Crippen LogP contribution in [-0.2, 0) is 13.6 Å². The van der Waals surface area contributed by atoms with Crippen LogP contribution >= 0.6 is 11.3 Å². The van der Waals surface area contributed by atoms with E-state index in [9.17, 15) is 0 Å². The second-order valence-corrected chi connectivity index (χ2v) is 6.42. The summed E-state index contributed by atoms with van der Waals surface area (Å²) in [5.74, 6) is 1.42. The number of aromatic nitrogens is 5. The summed E-state index contributed by atoms with van der Waals surface area (Å²) >= 11 is 1.65. The molecule has 0 atom stereocenters. The Morgan fingerprint density at radius 3 is 2.76 bits per heavy atom. The second kappa shape index (κ2) is 6.82. The van der Waals surface area contributed by atoms with Crippen molar-refractivity contribution in [3.8, 4) is 22.0 Å². The van der Waals surface area contributed by atoms with Gasteiger partial charge in [-0.05, 0) is 23.6 Å². The largest absolute Gasteiger partial charge is 0.349 e. The molecule has 0 bridgehead atoms. The Kier molecular flexibility index (Phi) is 4.22. The van der Waals surface area contributed by atoms with Crippen LogP contribution in [0.5, 0.6) is 0 Å². The first-order valence-corrected chi connectivity index (χ1v) is 8.71. The monoisotopic (exact) mass is 348 g/mol. The van der Waals surface area contributed by atoms with Gasteiger partial charge in [0, 0.05) is 31.8 Å². The number of hydrogen-bond acceptors (Lipinski definition) is 6. The van der Waals surface area contributed by atoms with Crippen LogP contribution < -0.4 is 5.32 Å². The van der Waals surface area contributed by atoms with Crippen LogP contribution in [0.15, 0.2) is 60.5 Å². The lowest BCUT2D eigenvalue weighted by Gasteiger charge is -2.10. The Bertz CT molecular complexity index is 962. The summed E-state index contributed by atoms with van der Waals surface area (Å²) in [6.07, 6.45) is 7.30. The van der Waals surface area contributed by atoms with Gasteiger partial charge in [-0.1, -0.05) is 12.1 Å². The highest BCUT2D eigenvalue weighted by atomic mass is 32.1. The topological polar surface area (TPSA) is 68.5 Å². The van der Waals surface area contributed by atoms with Crippen LogP contribution in [0.25, 0.3) is 22.0 Å². The zero-order valence-corrected chi connectivity index (χ0v) is 14.4. The van der Waals surface area contributed by atoms with Gasteiger partial charge in [0.05, 0.1) is 28.4 Å². The van der Waals surface area contributed by atoms with E-state index in [4.69, 9.17) is 4.98 Å². The minimum Gasteiger partial charge on any atom is -0.349 e. The average molecular weight is 348 g/mol. The first-order chi connectivity index (χ1) is 12.3. The average Bonchev–Trinajstić information content (AvgIpc) is 3.32. The predicted octanol–water partition coefficient (Wildman–Crippen LogP) is 3.61. The third-order valence-electron chi connectivity index (χ3n) is 3.76. The number of rotatable bonds is 5. The molecule has 0 spiro atoms. The number of imidazole rings is 1. The smallest absolute Gasteiger partial charge is 0.223 e. The number of thiophene rings is 1. The number of anilines is 1. The van der Waals surface area contributed by atoms with E-state index in [-0.39, 0.29) is 0 Å². The zero-order valence-electron chi connectivity index (χ0n) is 13.6. The molecule has 0 aromatic carbocycles. The van der Waals surface area contributed by atoms with Crippen molar-refractivity contribution in [1.82, 2.24) is 24.5 Å². The van der Waals surface area contributed by atoms with Gasteiger partial charge < -0.3 is 9.88 Å². The van der Waals surface area contributed by atoms with Crippen LogP contribution in [0, 0.1) is 0 Å². The summed E-state index contributed by atoms with van der Waals surface area (Å²) in [6, 6.07) is 9.91. The van der Waals surface area contributed by atoms with E-state index in [1.54, 1.807) is 23.7 Å². The molecule has 25 heavy (non-hydrogen) atoms. The Morgan fingerprint density at radius 2 is 2.04 bits per heavy atom. The Morgan fingerprint density at radius 1 is 1.08 bits per heavy atom. The number of pyridine rings is 1. The molecule has 0 aliphatic heterocycles. The molecule has 124 valence electrons. The van der Waals surface area contributed by atoms with Gasteiger partial charge in [-0.3, -0.25) is 4.98 Å². The van der Waals surface area contributed by atoms with Gasteiger partial charge in [0.1, 0.15) is 5.82 Å². The maximum atomic E-state index is 4.73. The molecule has 0 radical (unpaired) electrons. The van der Waals surface area contributed by atoms with Crippen LogP contribution in [-0.4, -0.2) is 24.5 Å². The zero-order chi connectivity index (χ0) is 17.1. The molecule has 0 amide bonds. The first-order valence-electron chi connectivity index (χ1n) is 7.83. The minimum absolute atomic E-state index is 0.576. The Balaban J connectivity index is 1.69. The van der Waals surface area contributed by atoms with Gasteiger partial charge in [-0.25, -0.2) is 15.0 Å². The minimum atomic E-state index is 0.576. The summed E-state index contributed by atoms with van der Waals surface area (Å²) in [4.78, 5) is 19.0. The number of nitrogens with zero attached hydrogens (tertiary/aromatic N) is 5. The van der Waals surface area contributed by atoms with Crippen LogP contribution in [0.2, 0.25) is 0 Å². The molecule has 1 N–H and O–H groups in total. The van der Waals surface area contributed by atoms with Gasteiger partial charge in [0.25, 0.3) is 0 Å². The molecule has 0 unspecified atom stereocenters. The van der Waals surface area contributed by atoms with E-state index < -0.39 is 0 Å². The van der Waals surface area contributed by atoms with E-state index in [2.05, 4.69) is 26.3 Å². The highest BCUT2D eigenvalue weighted by molar-refractivity contribution is 7.13. The number of hydrogen-bond donors (Lipinski definition) is 1. The van der Waals surface area contributed by atoms with Gasteiger partial charge >= 0.3 is 0 Å². The van der Waals surface area contributed by atoms with Gasteiger partial charge in [-0.2, -0.15) is 0 Å². The molecule has 0 saturated heterocycles. The van der Waals surface area contributed by atoms with E-state index >= 15 is 0 Å². The number of aryl methyl sites for hydroxylation is 1. The van der Waals surface area contributed by atoms with E-state index in [0.717, 1.165) is 27.7 Å². The normalized spacial score (nSPS) is 10.8. The third-order valence-corrected chi connectivity index (χ3v) is 4.64. The van der Waals surface area contributed by atoms with Crippen molar-refractivity contribution in [2.24, 2.45) is 7.05 Å². The summed E-state index contributed by atoms with van der Waals surface area (Å²) in [6.45, 7) is 0.576. The molecule has 4 rings (SSSR count). The lowest BCUT2D eigenvalue weighted by molar-refractivity contribution is 0.920. The Labute approximate surface area is 149 Å². The standard InChI is InChI=1S/C18H16N6S/c1-24-9-8-20-17(24)14-12-22-18(21-11-13-5-2-3-7-19-13)23-16(14)15-6-4-10-25-15/h2-10,12H,11H2,1H3,(H,21,22,23). The molecular formula is C18H16N6S. The van der Waals surface area contributed by atoms with Gasteiger partial charge in [-0.15, -0.1) is 11.3 Å². The van der Waals surface area contributed by atoms with Gasteiger partial charge in [0.15, 0.2) is 0 Å². The highest BCUT2D eigenvalue weighted by Crippen LogP contribution is 2.32. The number of nitrogens with one attached hydrogen (secondary N) is 1. The van der Waals surface area contributed by atoms with E-state index in [1.165, 1.54) is 0 Å². The maximum Gasteiger partial charge on any atom is 0.223 e. The van der Waals surface area contributed by atoms with E-state index in [0.29, 0.717) is 12.5 Å². The first kappa shape index (κ1) is 15.5. The highest BCUT2D eigenvalue weighted by Gasteiger charge is 2.15. The van der Waals surface area contributed by atoms with Crippen LogP contribution in [0.1, 0.15) is 5.69 Å². The lowest BCUT2D eigenvalue weighted by Crippen LogP contribution is -2.06. The molecule has 7 heteroatoms. The summed E-state index contributed by atoms with van der Waals surface area (Å²) < 4.78 is 1.97. The summed E-state index contributed by atoms with van der Waals surface area (Å²) in [5, 5.41) is 5.29. The van der Waals surface area contributed by atoms with E-state index in [1.807, 2.05) is 53.7 Å². The third kappa shape index (κ3) is 3.27. The summed E-state index contributed by atoms with van der Waals surface area (Å²) in [5.41, 5.74) is 2.73. The molecule has 0 fully saturated rings. The van der Waals surface area contributed by atoms with Crippen molar-refractivity contribution in [2.45, 2.75) is 6.54 Å². The molecule has 4 aromatic rings. The predicted molar refractivity (Wildman–Crippen MR) is 99.1 cm³/mol. The van der Waals surface area contributed by atoms with Crippen molar-refractivity contribution >= 4 is 17.3 Å². The molecule has 4 heterocycles. The molecule has 4 aromatic heterocycles. The SMILES string of the molecule is Cn1ccnc1-c1cnc(NCc2ccccn2)nc1-c1cccs1. The molecular weight excluding hydrogens is 332 g/mol. The van der Waals surface area contributed by atoms with Crippen molar-refractivity contribution in [2.75, 3.05) is 5.32 Å². The second-order valence-electron chi connectivity index (χ2n) is 5.47. The Hall–Kier alpha value is -3.06. The fourth-order valence-corrected chi connectivity index (χ4v) is 3.26. The quantitative estimate of drug-likeness (QED) is 0.597. The molecule has 0 saturated carbocycles. The van der Waals surface area contributed by atoms with Crippen LogP contribution in [0.3, 0.4) is 0 Å². The molecule has 0 aliphatic carbocycles.